The average Bonchev–Trinajstić information content (AvgIpc) is 2.76. The van der Waals surface area contributed by atoms with Crippen LogP contribution in [0.25, 0.3) is 11.1 Å². The summed E-state index contributed by atoms with van der Waals surface area (Å²) in [6.07, 6.45) is 11.2. The molecule has 3 heteroatoms. The van der Waals surface area contributed by atoms with Crippen LogP contribution in [0.15, 0.2) is 36.4 Å². The van der Waals surface area contributed by atoms with Crippen LogP contribution in [0.3, 0.4) is 0 Å². The lowest BCUT2D eigenvalue weighted by Gasteiger charge is -2.29. The molecular weight excluding hydrogens is 359 g/mol. The van der Waals surface area contributed by atoms with Crippen LogP contribution in [-0.2, 0) is 0 Å². The molecule has 0 heterocycles. The van der Waals surface area contributed by atoms with Crippen LogP contribution in [0.4, 0.5) is 4.39 Å². The summed E-state index contributed by atoms with van der Waals surface area (Å²) >= 11 is 0. The highest BCUT2D eigenvalue weighted by Gasteiger charge is 2.26. The fraction of sp³-hybridized carbons (Fsp3) is 0.462. The van der Waals surface area contributed by atoms with E-state index in [2.05, 4.69) is 19.1 Å². The van der Waals surface area contributed by atoms with Crippen molar-refractivity contribution in [1.82, 2.24) is 0 Å². The van der Waals surface area contributed by atoms with Gasteiger partial charge in [-0.2, -0.15) is 10.5 Å². The van der Waals surface area contributed by atoms with Crippen LogP contribution in [0, 0.1) is 34.4 Å². The van der Waals surface area contributed by atoms with Gasteiger partial charge in [-0.05, 0) is 60.8 Å². The summed E-state index contributed by atoms with van der Waals surface area (Å²) in [5, 5.41) is 19.6. The van der Waals surface area contributed by atoms with E-state index in [4.69, 9.17) is 0 Å². The third-order valence-corrected chi connectivity index (χ3v) is 6.37. The molecule has 0 unspecified atom stereocenters. The topological polar surface area (TPSA) is 47.6 Å². The minimum Gasteiger partial charge on any atom is -0.207 e. The van der Waals surface area contributed by atoms with Crippen LogP contribution >= 0.6 is 0 Å². The molecule has 0 radical (unpaired) electrons. The molecule has 1 aliphatic rings. The molecule has 29 heavy (non-hydrogen) atoms. The summed E-state index contributed by atoms with van der Waals surface area (Å²) in [6.45, 7) is 2.24. The third kappa shape index (κ3) is 5.04. The van der Waals surface area contributed by atoms with Gasteiger partial charge in [-0.3, -0.25) is 0 Å². The van der Waals surface area contributed by atoms with E-state index in [9.17, 15) is 14.9 Å². The first-order valence-corrected chi connectivity index (χ1v) is 10.9. The molecule has 0 aromatic heterocycles. The van der Waals surface area contributed by atoms with Gasteiger partial charge in [-0.25, -0.2) is 4.39 Å². The lowest BCUT2D eigenvalue weighted by atomic mass is 9.75. The molecule has 0 aliphatic heterocycles. The number of hydrogen-bond acceptors (Lipinski definition) is 2. The molecule has 0 atom stereocenters. The van der Waals surface area contributed by atoms with E-state index >= 15 is 0 Å². The van der Waals surface area contributed by atoms with Gasteiger partial charge >= 0.3 is 0 Å². The van der Waals surface area contributed by atoms with E-state index in [0.29, 0.717) is 22.6 Å². The Morgan fingerprint density at radius 3 is 2.17 bits per heavy atom. The normalized spacial score (nSPS) is 18.8. The predicted molar refractivity (Wildman–Crippen MR) is 115 cm³/mol. The molecule has 1 aliphatic carbocycles. The average molecular weight is 389 g/mol. The van der Waals surface area contributed by atoms with Gasteiger partial charge < -0.3 is 0 Å². The lowest BCUT2D eigenvalue weighted by Crippen LogP contribution is -2.15. The highest BCUT2D eigenvalue weighted by molar-refractivity contribution is 5.75. The van der Waals surface area contributed by atoms with Gasteiger partial charge in [-0.1, -0.05) is 63.3 Å². The second-order valence-corrected chi connectivity index (χ2v) is 8.25. The van der Waals surface area contributed by atoms with Gasteiger partial charge in [0.25, 0.3) is 0 Å². The molecule has 1 fully saturated rings. The number of hydrogen-bond donors (Lipinski definition) is 0. The van der Waals surface area contributed by atoms with E-state index in [-0.39, 0.29) is 5.82 Å². The second-order valence-electron chi connectivity index (χ2n) is 8.25. The van der Waals surface area contributed by atoms with Crippen molar-refractivity contribution in [2.45, 2.75) is 70.6 Å². The van der Waals surface area contributed by atoms with Gasteiger partial charge in [0, 0.05) is 5.56 Å². The largest absolute Gasteiger partial charge is 0.207 e. The summed E-state index contributed by atoms with van der Waals surface area (Å²) in [7, 11) is 0. The van der Waals surface area contributed by atoms with Crippen LogP contribution < -0.4 is 0 Å². The van der Waals surface area contributed by atoms with E-state index in [1.54, 1.807) is 12.1 Å². The van der Waals surface area contributed by atoms with Gasteiger partial charge in [0.05, 0.1) is 11.1 Å². The summed E-state index contributed by atoms with van der Waals surface area (Å²) in [5.41, 5.74) is 3.40. The number of nitriles is 2. The SMILES string of the molecule is CCCCCC[C@H]1CC[C@H](c2ccc(-c3ccc(F)cc3)c(C#N)c2C#N)CC1. The van der Waals surface area contributed by atoms with Crippen molar-refractivity contribution in [2.24, 2.45) is 5.92 Å². The van der Waals surface area contributed by atoms with Gasteiger partial charge in [0.1, 0.15) is 18.0 Å². The van der Waals surface area contributed by atoms with Crippen molar-refractivity contribution >= 4 is 0 Å². The summed E-state index contributed by atoms with van der Waals surface area (Å²) in [5.74, 6) is 0.851. The molecule has 0 bridgehead atoms. The molecule has 0 saturated heterocycles. The van der Waals surface area contributed by atoms with Gasteiger partial charge in [-0.15, -0.1) is 0 Å². The summed E-state index contributed by atoms with van der Waals surface area (Å²) < 4.78 is 13.3. The zero-order valence-corrected chi connectivity index (χ0v) is 17.3. The van der Waals surface area contributed by atoms with E-state index in [0.717, 1.165) is 29.9 Å². The first-order valence-electron chi connectivity index (χ1n) is 10.9. The predicted octanol–water partition coefficient (Wildman–Crippen LogP) is 7.48. The summed E-state index contributed by atoms with van der Waals surface area (Å²) in [6, 6.07) is 14.6. The standard InChI is InChI=1S/C26H29FN2/c1-2-3-4-5-6-19-7-9-20(10-8-19)23-15-16-24(26(18-29)25(23)17-28)21-11-13-22(27)14-12-21/h11-16,19-20H,2-10H2,1H3/t19-,20-. The van der Waals surface area contributed by atoms with E-state index in [1.807, 2.05) is 12.1 Å². The monoisotopic (exact) mass is 388 g/mol. The molecule has 0 spiro atoms. The maximum atomic E-state index is 13.3. The maximum absolute atomic E-state index is 13.3. The van der Waals surface area contributed by atoms with Crippen molar-refractivity contribution in [2.75, 3.05) is 0 Å². The number of rotatable bonds is 7. The quantitative estimate of drug-likeness (QED) is 0.462. The molecular formula is C26H29FN2. The molecule has 3 rings (SSSR count). The van der Waals surface area contributed by atoms with Crippen LogP contribution in [0.2, 0.25) is 0 Å². The molecule has 0 N–H and O–H groups in total. The number of halogens is 1. The lowest BCUT2D eigenvalue weighted by molar-refractivity contribution is 0.302. The Labute approximate surface area is 174 Å². The third-order valence-electron chi connectivity index (χ3n) is 6.37. The molecule has 2 aromatic carbocycles. The maximum Gasteiger partial charge on any atom is 0.123 e. The first kappa shape index (κ1) is 21.1. The Kier molecular flexibility index (Phi) is 7.42. The Bertz CT molecular complexity index is 894. The summed E-state index contributed by atoms with van der Waals surface area (Å²) in [4.78, 5) is 0. The van der Waals surface area contributed by atoms with Crippen molar-refractivity contribution in [3.63, 3.8) is 0 Å². The molecule has 1 saturated carbocycles. The molecule has 2 nitrogen and oxygen atoms in total. The highest BCUT2D eigenvalue weighted by Crippen LogP contribution is 2.41. The zero-order chi connectivity index (χ0) is 20.6. The van der Waals surface area contributed by atoms with Crippen LogP contribution in [0.5, 0.6) is 0 Å². The van der Waals surface area contributed by atoms with Crippen LogP contribution in [0.1, 0.15) is 87.3 Å². The Morgan fingerprint density at radius 1 is 0.862 bits per heavy atom. The number of benzene rings is 2. The Hall–Kier alpha value is -2.65. The van der Waals surface area contributed by atoms with E-state index < -0.39 is 0 Å². The fourth-order valence-electron chi connectivity index (χ4n) is 4.69. The highest BCUT2D eigenvalue weighted by atomic mass is 19.1. The molecule has 0 amide bonds. The van der Waals surface area contributed by atoms with Crippen LogP contribution in [-0.4, -0.2) is 0 Å². The van der Waals surface area contributed by atoms with Crippen molar-refractivity contribution in [3.8, 4) is 23.3 Å². The molecule has 2 aromatic rings. The molecule has 150 valence electrons. The number of nitrogens with zero attached hydrogens (tertiary/aromatic N) is 2. The minimum atomic E-state index is -0.309. The van der Waals surface area contributed by atoms with Gasteiger partial charge in [0.15, 0.2) is 0 Å². The number of unbranched alkanes of at least 4 members (excludes halogenated alkanes) is 3. The zero-order valence-electron chi connectivity index (χ0n) is 17.3. The van der Waals surface area contributed by atoms with Crippen molar-refractivity contribution in [3.05, 3.63) is 58.9 Å². The first-order chi connectivity index (χ1) is 14.2. The minimum absolute atomic E-state index is 0.309. The Morgan fingerprint density at radius 2 is 1.55 bits per heavy atom. The second kappa shape index (κ2) is 10.2. The fourth-order valence-corrected chi connectivity index (χ4v) is 4.69. The van der Waals surface area contributed by atoms with Gasteiger partial charge in [0.2, 0.25) is 0 Å². The Balaban J connectivity index is 1.77. The smallest absolute Gasteiger partial charge is 0.123 e. The van der Waals surface area contributed by atoms with E-state index in [1.165, 1.54) is 57.1 Å². The van der Waals surface area contributed by atoms with Crippen molar-refractivity contribution in [1.29, 1.82) is 10.5 Å². The van der Waals surface area contributed by atoms with Crippen molar-refractivity contribution < 1.29 is 4.39 Å².